The molecule has 6 heteroatoms. The van der Waals surface area contributed by atoms with Gasteiger partial charge < -0.3 is 15.4 Å². The molecule has 1 aliphatic rings. The van der Waals surface area contributed by atoms with E-state index >= 15 is 0 Å². The highest BCUT2D eigenvalue weighted by Crippen LogP contribution is 2.32. The second kappa shape index (κ2) is 4.63. The molecule has 20 heavy (non-hydrogen) atoms. The molecule has 2 aromatic rings. The zero-order chi connectivity index (χ0) is 14.2. The maximum absolute atomic E-state index is 12.1. The third-order valence-corrected chi connectivity index (χ3v) is 3.88. The number of aromatic amines is 1. The highest BCUT2D eigenvalue weighted by atomic mass is 16.4. The van der Waals surface area contributed by atoms with Gasteiger partial charge in [0.25, 0.3) is 0 Å². The minimum Gasteiger partial charge on any atom is -0.480 e. The molecule has 3 rings (SSSR count). The van der Waals surface area contributed by atoms with Crippen molar-refractivity contribution in [2.24, 2.45) is 0 Å². The molecule has 0 radical (unpaired) electrons. The molecular formula is C14H15N3O3. The summed E-state index contributed by atoms with van der Waals surface area (Å²) in [6, 6.07) is 3.69. The van der Waals surface area contributed by atoms with Crippen molar-refractivity contribution in [2.45, 2.75) is 31.2 Å². The summed E-state index contributed by atoms with van der Waals surface area (Å²) in [5, 5.41) is 12.7. The molecule has 6 nitrogen and oxygen atoms in total. The second-order valence-electron chi connectivity index (χ2n) is 5.18. The Bertz CT molecular complexity index is 673. The van der Waals surface area contributed by atoms with Crippen LogP contribution in [0, 0.1) is 0 Å². The van der Waals surface area contributed by atoms with E-state index in [-0.39, 0.29) is 12.3 Å². The number of carboxylic acids is 1. The van der Waals surface area contributed by atoms with Crippen molar-refractivity contribution >= 4 is 22.9 Å². The lowest BCUT2D eigenvalue weighted by Gasteiger charge is -2.38. The standard InChI is InChI=1S/C14H15N3O3/c18-11(17-14(13(19)20)4-2-5-14)7-9-8-16-12-10(9)3-1-6-15-12/h1,3,6,8H,2,4-5,7H2,(H,15,16)(H,17,18)(H,19,20). The Labute approximate surface area is 115 Å². The molecule has 1 amide bonds. The molecule has 0 unspecified atom stereocenters. The van der Waals surface area contributed by atoms with Crippen LogP contribution < -0.4 is 5.32 Å². The van der Waals surface area contributed by atoms with Crippen molar-refractivity contribution in [3.05, 3.63) is 30.1 Å². The molecular weight excluding hydrogens is 258 g/mol. The molecule has 0 spiro atoms. The number of carbonyl (C=O) groups excluding carboxylic acids is 1. The maximum atomic E-state index is 12.1. The topological polar surface area (TPSA) is 95.1 Å². The fourth-order valence-electron chi connectivity index (χ4n) is 2.57. The normalized spacial score (nSPS) is 16.6. The summed E-state index contributed by atoms with van der Waals surface area (Å²) < 4.78 is 0. The van der Waals surface area contributed by atoms with Gasteiger partial charge in [0, 0.05) is 17.8 Å². The number of pyridine rings is 1. The van der Waals surface area contributed by atoms with Gasteiger partial charge in [-0.1, -0.05) is 0 Å². The lowest BCUT2D eigenvalue weighted by Crippen LogP contribution is -2.59. The minimum atomic E-state index is -1.05. The third-order valence-electron chi connectivity index (χ3n) is 3.88. The summed E-state index contributed by atoms with van der Waals surface area (Å²) in [5.74, 6) is -1.21. The molecule has 0 aliphatic heterocycles. The summed E-state index contributed by atoms with van der Waals surface area (Å²) in [4.78, 5) is 30.4. The number of fused-ring (bicyclic) bond motifs is 1. The average Bonchev–Trinajstić information content (AvgIpc) is 2.77. The SMILES string of the molecule is O=C(Cc1c[nH]c2ncccc12)NC1(C(=O)O)CCC1. The van der Waals surface area contributed by atoms with Gasteiger partial charge in [-0.25, -0.2) is 9.78 Å². The second-order valence-corrected chi connectivity index (χ2v) is 5.18. The minimum absolute atomic E-state index is 0.153. The molecule has 1 saturated carbocycles. The van der Waals surface area contributed by atoms with Crippen molar-refractivity contribution in [3.8, 4) is 0 Å². The monoisotopic (exact) mass is 273 g/mol. The zero-order valence-electron chi connectivity index (χ0n) is 10.8. The Morgan fingerprint density at radius 1 is 1.45 bits per heavy atom. The molecule has 1 aliphatic carbocycles. The highest BCUT2D eigenvalue weighted by Gasteiger charge is 2.45. The number of aliphatic carboxylic acids is 1. The first-order chi connectivity index (χ1) is 9.61. The molecule has 3 N–H and O–H groups in total. The van der Waals surface area contributed by atoms with Crippen molar-refractivity contribution in [1.29, 1.82) is 0 Å². The van der Waals surface area contributed by atoms with Gasteiger partial charge in [0.15, 0.2) is 0 Å². The molecule has 0 bridgehead atoms. The van der Waals surface area contributed by atoms with E-state index in [0.29, 0.717) is 12.8 Å². The Hall–Kier alpha value is -2.37. The quantitative estimate of drug-likeness (QED) is 0.780. The number of hydrogen-bond acceptors (Lipinski definition) is 3. The van der Waals surface area contributed by atoms with Gasteiger partial charge >= 0.3 is 5.97 Å². The van der Waals surface area contributed by atoms with Crippen LogP contribution in [0.15, 0.2) is 24.5 Å². The average molecular weight is 273 g/mol. The van der Waals surface area contributed by atoms with Crippen LogP contribution in [-0.4, -0.2) is 32.5 Å². The fraction of sp³-hybridized carbons (Fsp3) is 0.357. The van der Waals surface area contributed by atoms with Crippen LogP contribution in [0.2, 0.25) is 0 Å². The fourth-order valence-corrected chi connectivity index (χ4v) is 2.57. The smallest absolute Gasteiger partial charge is 0.329 e. The summed E-state index contributed by atoms with van der Waals surface area (Å²) >= 11 is 0. The molecule has 0 saturated heterocycles. The summed E-state index contributed by atoms with van der Waals surface area (Å²) in [6.45, 7) is 0. The van der Waals surface area contributed by atoms with Gasteiger partial charge in [-0.3, -0.25) is 4.79 Å². The molecule has 2 aromatic heterocycles. The van der Waals surface area contributed by atoms with Crippen LogP contribution in [0.1, 0.15) is 24.8 Å². The molecule has 0 atom stereocenters. The predicted molar refractivity (Wildman–Crippen MR) is 72.2 cm³/mol. The predicted octanol–water partition coefficient (Wildman–Crippen LogP) is 1.23. The van der Waals surface area contributed by atoms with Gasteiger partial charge in [-0.2, -0.15) is 0 Å². The van der Waals surface area contributed by atoms with Crippen LogP contribution in [0.4, 0.5) is 0 Å². The molecule has 0 aromatic carbocycles. The summed E-state index contributed by atoms with van der Waals surface area (Å²) in [6.07, 6.45) is 5.42. The third kappa shape index (κ3) is 2.03. The van der Waals surface area contributed by atoms with Gasteiger partial charge in [-0.05, 0) is 37.0 Å². The van der Waals surface area contributed by atoms with E-state index in [4.69, 9.17) is 0 Å². The maximum Gasteiger partial charge on any atom is 0.329 e. The van der Waals surface area contributed by atoms with Gasteiger partial charge in [0.2, 0.25) is 5.91 Å². The Balaban J connectivity index is 1.75. The molecule has 2 heterocycles. The number of carbonyl (C=O) groups is 2. The van der Waals surface area contributed by atoms with Crippen LogP contribution >= 0.6 is 0 Å². The first-order valence-corrected chi connectivity index (χ1v) is 6.56. The van der Waals surface area contributed by atoms with Crippen LogP contribution in [0.5, 0.6) is 0 Å². The number of nitrogens with one attached hydrogen (secondary N) is 2. The van der Waals surface area contributed by atoms with E-state index in [9.17, 15) is 14.7 Å². The van der Waals surface area contributed by atoms with Crippen molar-refractivity contribution in [1.82, 2.24) is 15.3 Å². The summed E-state index contributed by atoms with van der Waals surface area (Å²) in [5.41, 5.74) is 0.499. The number of amides is 1. The zero-order valence-corrected chi connectivity index (χ0v) is 10.8. The first-order valence-electron chi connectivity index (χ1n) is 6.56. The number of hydrogen-bond donors (Lipinski definition) is 3. The van der Waals surface area contributed by atoms with Gasteiger partial charge in [-0.15, -0.1) is 0 Å². The first kappa shape index (κ1) is 12.7. The molecule has 1 fully saturated rings. The number of carboxylic acid groups (broad SMARTS) is 1. The van der Waals surface area contributed by atoms with E-state index in [1.165, 1.54) is 0 Å². The van der Waals surface area contributed by atoms with Crippen LogP contribution in [0.3, 0.4) is 0 Å². The largest absolute Gasteiger partial charge is 0.480 e. The Kier molecular flexibility index (Phi) is 2.93. The number of aromatic nitrogens is 2. The molecule has 104 valence electrons. The van der Waals surface area contributed by atoms with Crippen molar-refractivity contribution < 1.29 is 14.7 Å². The van der Waals surface area contributed by atoms with E-state index in [0.717, 1.165) is 23.0 Å². The van der Waals surface area contributed by atoms with E-state index < -0.39 is 11.5 Å². The summed E-state index contributed by atoms with van der Waals surface area (Å²) in [7, 11) is 0. The lowest BCUT2D eigenvalue weighted by molar-refractivity contribution is -0.151. The van der Waals surface area contributed by atoms with Crippen molar-refractivity contribution in [3.63, 3.8) is 0 Å². The van der Waals surface area contributed by atoms with E-state index in [1.54, 1.807) is 12.4 Å². The number of rotatable bonds is 4. The van der Waals surface area contributed by atoms with Crippen LogP contribution in [-0.2, 0) is 16.0 Å². The lowest BCUT2D eigenvalue weighted by atomic mass is 9.76. The highest BCUT2D eigenvalue weighted by molar-refractivity contribution is 5.91. The van der Waals surface area contributed by atoms with Crippen LogP contribution in [0.25, 0.3) is 11.0 Å². The van der Waals surface area contributed by atoms with E-state index in [2.05, 4.69) is 15.3 Å². The Morgan fingerprint density at radius 3 is 2.90 bits per heavy atom. The van der Waals surface area contributed by atoms with Gasteiger partial charge in [0.1, 0.15) is 11.2 Å². The number of H-pyrrole nitrogens is 1. The van der Waals surface area contributed by atoms with Crippen molar-refractivity contribution in [2.75, 3.05) is 0 Å². The van der Waals surface area contributed by atoms with Gasteiger partial charge in [0.05, 0.1) is 6.42 Å². The van der Waals surface area contributed by atoms with E-state index in [1.807, 2.05) is 12.1 Å². The Morgan fingerprint density at radius 2 is 2.25 bits per heavy atom. The number of nitrogens with zero attached hydrogens (tertiary/aromatic N) is 1.